The van der Waals surface area contributed by atoms with E-state index < -0.39 is 0 Å². The second-order valence-electron chi connectivity index (χ2n) is 7.72. The van der Waals surface area contributed by atoms with Crippen molar-refractivity contribution in [3.05, 3.63) is 59.3 Å². The van der Waals surface area contributed by atoms with Crippen molar-refractivity contribution in [3.63, 3.8) is 0 Å². The van der Waals surface area contributed by atoms with Crippen LogP contribution in [0.2, 0.25) is 0 Å². The van der Waals surface area contributed by atoms with Crippen LogP contribution in [0.15, 0.2) is 59.3 Å². The van der Waals surface area contributed by atoms with Crippen LogP contribution in [0.25, 0.3) is 0 Å². The van der Waals surface area contributed by atoms with Crippen molar-refractivity contribution in [1.82, 2.24) is 0 Å². The Morgan fingerprint density at radius 1 is 1.17 bits per heavy atom. The third kappa shape index (κ3) is 3.32. The molecule has 4 atom stereocenters. The summed E-state index contributed by atoms with van der Waals surface area (Å²) in [4.78, 5) is 0. The molecule has 23 heavy (non-hydrogen) atoms. The monoisotopic (exact) mass is 308 g/mol. The van der Waals surface area contributed by atoms with Gasteiger partial charge in [0.05, 0.1) is 0 Å². The zero-order valence-corrected chi connectivity index (χ0v) is 15.1. The van der Waals surface area contributed by atoms with Crippen molar-refractivity contribution in [3.8, 4) is 0 Å². The molecule has 0 aromatic carbocycles. The normalized spacial score (nSPS) is 33.9. The minimum atomic E-state index is 0.538. The molecule has 0 aliphatic heterocycles. The quantitative estimate of drug-likeness (QED) is 0.491. The summed E-state index contributed by atoms with van der Waals surface area (Å²) in [6.45, 7) is 11.0. The van der Waals surface area contributed by atoms with Crippen molar-refractivity contribution in [2.75, 3.05) is 0 Å². The highest BCUT2D eigenvalue weighted by molar-refractivity contribution is 5.52. The molecular weight excluding hydrogens is 276 g/mol. The predicted octanol–water partition coefficient (Wildman–Crippen LogP) is 6.78. The molecule has 0 amide bonds. The number of fused-ring (bicyclic) bond motifs is 3. The van der Waals surface area contributed by atoms with Crippen molar-refractivity contribution in [2.24, 2.45) is 23.7 Å². The van der Waals surface area contributed by atoms with Gasteiger partial charge < -0.3 is 0 Å². The van der Waals surface area contributed by atoms with Crippen LogP contribution in [-0.2, 0) is 0 Å². The second kappa shape index (κ2) is 7.07. The largest absolute Gasteiger partial charge is 0.102 e. The van der Waals surface area contributed by atoms with Gasteiger partial charge in [-0.15, -0.1) is 6.58 Å². The molecule has 3 aliphatic rings. The standard InChI is InChI=1S/C23H32/c1-5-8-9-11-20-17(7-3)14-18(10-6-2)21-13-16(4)12-19-15-22(19)23(20)21/h6-10,16-17,19,22H,3,5,11-15H2,1-2,4H3. The third-order valence-corrected chi connectivity index (χ3v) is 5.89. The van der Waals surface area contributed by atoms with Crippen LogP contribution >= 0.6 is 0 Å². The number of hydrogen-bond acceptors (Lipinski definition) is 0. The second-order valence-corrected chi connectivity index (χ2v) is 7.72. The average Bonchev–Trinajstić information content (AvgIpc) is 3.28. The summed E-state index contributed by atoms with van der Waals surface area (Å²) in [5.41, 5.74) is 6.74. The van der Waals surface area contributed by atoms with E-state index in [4.69, 9.17) is 0 Å². The molecule has 0 aromatic rings. The first kappa shape index (κ1) is 16.6. The van der Waals surface area contributed by atoms with Gasteiger partial charge in [0.25, 0.3) is 0 Å². The van der Waals surface area contributed by atoms with Crippen LogP contribution in [0.3, 0.4) is 0 Å². The molecule has 3 aliphatic carbocycles. The van der Waals surface area contributed by atoms with Gasteiger partial charge >= 0.3 is 0 Å². The van der Waals surface area contributed by atoms with E-state index in [9.17, 15) is 0 Å². The zero-order valence-electron chi connectivity index (χ0n) is 15.1. The van der Waals surface area contributed by atoms with E-state index >= 15 is 0 Å². The van der Waals surface area contributed by atoms with E-state index in [1.54, 1.807) is 22.3 Å². The molecule has 0 heterocycles. The van der Waals surface area contributed by atoms with Gasteiger partial charge in [0.1, 0.15) is 0 Å². The van der Waals surface area contributed by atoms with Crippen LogP contribution < -0.4 is 0 Å². The van der Waals surface area contributed by atoms with Crippen molar-refractivity contribution in [2.45, 2.75) is 59.3 Å². The Labute approximate surface area is 142 Å². The fourth-order valence-corrected chi connectivity index (χ4v) is 4.80. The molecular formula is C23H32. The van der Waals surface area contributed by atoms with E-state index in [0.29, 0.717) is 5.92 Å². The summed E-state index contributed by atoms with van der Waals surface area (Å²) in [5, 5.41) is 0. The van der Waals surface area contributed by atoms with E-state index in [0.717, 1.165) is 37.0 Å². The Balaban J connectivity index is 2.08. The fourth-order valence-electron chi connectivity index (χ4n) is 4.80. The highest BCUT2D eigenvalue weighted by Crippen LogP contribution is 2.58. The molecule has 0 nitrogen and oxygen atoms in total. The molecule has 3 rings (SSSR count). The maximum Gasteiger partial charge on any atom is 0.00237 e. The zero-order chi connectivity index (χ0) is 16.4. The maximum atomic E-state index is 4.17. The number of allylic oxidation sites excluding steroid dienone is 9. The highest BCUT2D eigenvalue weighted by atomic mass is 14.5. The molecule has 124 valence electrons. The molecule has 0 N–H and O–H groups in total. The highest BCUT2D eigenvalue weighted by Gasteiger charge is 2.46. The number of rotatable bonds is 5. The van der Waals surface area contributed by atoms with Crippen LogP contribution in [0.5, 0.6) is 0 Å². The van der Waals surface area contributed by atoms with Crippen LogP contribution in [-0.4, -0.2) is 0 Å². The summed E-state index contributed by atoms with van der Waals surface area (Å²) in [5.74, 6) is 3.18. The Morgan fingerprint density at radius 3 is 2.70 bits per heavy atom. The Hall–Kier alpha value is -1.30. The molecule has 0 saturated heterocycles. The van der Waals surface area contributed by atoms with Gasteiger partial charge in [0, 0.05) is 5.92 Å². The lowest BCUT2D eigenvalue weighted by Gasteiger charge is -2.31. The van der Waals surface area contributed by atoms with E-state index in [1.165, 1.54) is 19.3 Å². The Kier molecular flexibility index (Phi) is 5.09. The molecule has 0 bridgehead atoms. The summed E-state index contributed by atoms with van der Waals surface area (Å²) in [6.07, 6.45) is 19.1. The van der Waals surface area contributed by atoms with Gasteiger partial charge in [-0.2, -0.15) is 0 Å². The summed E-state index contributed by atoms with van der Waals surface area (Å²) >= 11 is 0. The van der Waals surface area contributed by atoms with E-state index in [2.05, 4.69) is 57.7 Å². The summed E-state index contributed by atoms with van der Waals surface area (Å²) < 4.78 is 0. The van der Waals surface area contributed by atoms with Gasteiger partial charge in [-0.05, 0) is 79.9 Å². The molecule has 4 unspecified atom stereocenters. The lowest BCUT2D eigenvalue weighted by atomic mass is 9.74. The summed E-state index contributed by atoms with van der Waals surface area (Å²) in [6, 6.07) is 0. The van der Waals surface area contributed by atoms with Crippen LogP contribution in [0, 0.1) is 23.7 Å². The van der Waals surface area contributed by atoms with Gasteiger partial charge in [-0.25, -0.2) is 0 Å². The number of hydrogen-bond donors (Lipinski definition) is 0. The first-order valence-electron chi connectivity index (χ1n) is 9.55. The van der Waals surface area contributed by atoms with Crippen molar-refractivity contribution >= 4 is 0 Å². The molecule has 2 fully saturated rings. The van der Waals surface area contributed by atoms with Gasteiger partial charge in [-0.1, -0.05) is 49.8 Å². The molecule has 0 radical (unpaired) electrons. The molecule has 0 heteroatoms. The molecule has 0 aromatic heterocycles. The lowest BCUT2D eigenvalue weighted by molar-refractivity contribution is 0.499. The molecule has 2 saturated carbocycles. The van der Waals surface area contributed by atoms with Crippen LogP contribution in [0.4, 0.5) is 0 Å². The topological polar surface area (TPSA) is 0 Å². The van der Waals surface area contributed by atoms with E-state index in [-0.39, 0.29) is 0 Å². The average molecular weight is 309 g/mol. The van der Waals surface area contributed by atoms with E-state index in [1.807, 2.05) is 0 Å². The van der Waals surface area contributed by atoms with Crippen LogP contribution in [0.1, 0.15) is 59.3 Å². The maximum absolute atomic E-state index is 4.17. The minimum absolute atomic E-state index is 0.538. The SMILES string of the molecule is C=CC1CC(C=CC)=C2CC(C)CC3CC3C2=C1CC=CCC. The Bertz CT molecular complexity index is 581. The third-order valence-electron chi connectivity index (χ3n) is 5.89. The van der Waals surface area contributed by atoms with Crippen molar-refractivity contribution in [1.29, 1.82) is 0 Å². The van der Waals surface area contributed by atoms with Gasteiger partial charge in [0.2, 0.25) is 0 Å². The minimum Gasteiger partial charge on any atom is -0.102 e. The lowest BCUT2D eigenvalue weighted by Crippen LogP contribution is -2.15. The van der Waals surface area contributed by atoms with Crippen molar-refractivity contribution < 1.29 is 0 Å². The van der Waals surface area contributed by atoms with Gasteiger partial charge in [-0.3, -0.25) is 0 Å². The summed E-state index contributed by atoms with van der Waals surface area (Å²) in [7, 11) is 0. The van der Waals surface area contributed by atoms with Gasteiger partial charge in [0.15, 0.2) is 0 Å². The smallest absolute Gasteiger partial charge is 0.00237 e. The fraction of sp³-hybridized carbons (Fsp3) is 0.565. The Morgan fingerprint density at radius 2 is 2.00 bits per heavy atom. The molecule has 0 spiro atoms. The predicted molar refractivity (Wildman–Crippen MR) is 101 cm³/mol. The first-order chi connectivity index (χ1) is 11.2. The first-order valence-corrected chi connectivity index (χ1v) is 9.55.